The van der Waals surface area contributed by atoms with Gasteiger partial charge >= 0.3 is 0 Å². The topological polar surface area (TPSA) is 44.5 Å². The normalized spacial score (nSPS) is 17.2. The maximum atomic E-state index is 8.96. The summed E-state index contributed by atoms with van der Waals surface area (Å²) in [5, 5.41) is 13.2. The van der Waals surface area contributed by atoms with Gasteiger partial charge in [0.15, 0.2) is 0 Å². The summed E-state index contributed by atoms with van der Waals surface area (Å²) in [4.78, 5) is 4.79. The molecule has 1 aromatic heterocycles. The Kier molecular flexibility index (Phi) is 4.65. The highest BCUT2D eigenvalue weighted by Gasteiger charge is 2.16. The van der Waals surface area contributed by atoms with Gasteiger partial charge in [-0.25, -0.2) is 4.68 Å². The van der Waals surface area contributed by atoms with Crippen LogP contribution in [-0.4, -0.2) is 64.0 Å². The summed E-state index contributed by atoms with van der Waals surface area (Å²) in [5.74, 6) is 0. The van der Waals surface area contributed by atoms with Gasteiger partial charge in [0.05, 0.1) is 12.3 Å². The third-order valence-corrected chi connectivity index (χ3v) is 3.99. The SMILES string of the molecule is OCCN1CCN(Cc2ccc(-n3cccn3)cc2)CC1. The molecule has 5 heteroatoms. The zero-order valence-corrected chi connectivity index (χ0v) is 12.2. The highest BCUT2D eigenvalue weighted by molar-refractivity contribution is 5.33. The predicted octanol–water partition coefficient (Wildman–Crippen LogP) is 0.982. The fourth-order valence-electron chi connectivity index (χ4n) is 2.75. The zero-order valence-electron chi connectivity index (χ0n) is 12.2. The minimum atomic E-state index is 0.259. The van der Waals surface area contributed by atoms with Gasteiger partial charge in [-0.2, -0.15) is 5.10 Å². The lowest BCUT2D eigenvalue weighted by Crippen LogP contribution is -2.46. The van der Waals surface area contributed by atoms with Crippen molar-refractivity contribution in [2.45, 2.75) is 6.54 Å². The van der Waals surface area contributed by atoms with E-state index >= 15 is 0 Å². The Morgan fingerprint density at radius 1 is 1.00 bits per heavy atom. The molecule has 0 radical (unpaired) electrons. The highest BCUT2D eigenvalue weighted by atomic mass is 16.3. The summed E-state index contributed by atoms with van der Waals surface area (Å²) in [6.45, 7) is 6.29. The summed E-state index contributed by atoms with van der Waals surface area (Å²) in [6, 6.07) is 10.5. The van der Waals surface area contributed by atoms with Crippen LogP contribution in [-0.2, 0) is 6.54 Å². The molecule has 2 heterocycles. The standard InChI is InChI=1S/C16H22N4O/c21-13-12-18-8-10-19(11-9-18)14-15-2-4-16(5-3-15)20-7-1-6-17-20/h1-7,21H,8-14H2. The Hall–Kier alpha value is -1.69. The van der Waals surface area contributed by atoms with Crippen molar-refractivity contribution >= 4 is 0 Å². The highest BCUT2D eigenvalue weighted by Crippen LogP contribution is 2.12. The molecule has 3 rings (SSSR count). The van der Waals surface area contributed by atoms with Gasteiger partial charge in [-0.05, 0) is 23.8 Å². The van der Waals surface area contributed by atoms with Gasteiger partial charge in [0.1, 0.15) is 0 Å². The first-order valence-corrected chi connectivity index (χ1v) is 7.50. The number of rotatable bonds is 5. The van der Waals surface area contributed by atoms with Gasteiger partial charge in [-0.1, -0.05) is 12.1 Å². The maximum absolute atomic E-state index is 8.96. The first-order chi connectivity index (χ1) is 10.3. The molecule has 1 fully saturated rings. The Morgan fingerprint density at radius 3 is 2.33 bits per heavy atom. The monoisotopic (exact) mass is 286 g/mol. The molecule has 21 heavy (non-hydrogen) atoms. The molecule has 0 unspecified atom stereocenters. The second kappa shape index (κ2) is 6.85. The van der Waals surface area contributed by atoms with Gasteiger partial charge in [-0.15, -0.1) is 0 Å². The van der Waals surface area contributed by atoms with Gasteiger partial charge in [0, 0.05) is 51.7 Å². The molecule has 112 valence electrons. The summed E-state index contributed by atoms with van der Waals surface area (Å²) in [6.07, 6.45) is 3.75. The lowest BCUT2D eigenvalue weighted by atomic mass is 10.2. The molecule has 0 aliphatic carbocycles. The molecule has 2 aromatic rings. The van der Waals surface area contributed by atoms with Crippen LogP contribution in [0.4, 0.5) is 0 Å². The van der Waals surface area contributed by atoms with E-state index in [9.17, 15) is 0 Å². The van der Waals surface area contributed by atoms with Crippen molar-refractivity contribution < 1.29 is 5.11 Å². The van der Waals surface area contributed by atoms with Gasteiger partial charge < -0.3 is 5.11 Å². The van der Waals surface area contributed by atoms with Gasteiger partial charge in [0.25, 0.3) is 0 Å². The molecule has 1 aliphatic heterocycles. The minimum Gasteiger partial charge on any atom is -0.395 e. The van der Waals surface area contributed by atoms with Crippen LogP contribution >= 0.6 is 0 Å². The molecule has 1 aromatic carbocycles. The second-order valence-corrected chi connectivity index (χ2v) is 5.46. The van der Waals surface area contributed by atoms with E-state index in [1.165, 1.54) is 5.56 Å². The molecule has 0 bridgehead atoms. The van der Waals surface area contributed by atoms with E-state index in [-0.39, 0.29) is 6.61 Å². The number of β-amino-alcohol motifs (C(OH)–C–C–N with tert-alkyl or cyclic N) is 1. The van der Waals surface area contributed by atoms with E-state index in [0.717, 1.165) is 45.0 Å². The Labute approximate surface area is 125 Å². The lowest BCUT2D eigenvalue weighted by Gasteiger charge is -2.34. The molecule has 1 aliphatic rings. The van der Waals surface area contributed by atoms with E-state index in [1.54, 1.807) is 6.20 Å². The Bertz CT molecular complexity index is 530. The molecule has 0 saturated carbocycles. The lowest BCUT2D eigenvalue weighted by molar-refractivity contribution is 0.108. The fraction of sp³-hybridized carbons (Fsp3) is 0.438. The molecular weight excluding hydrogens is 264 g/mol. The smallest absolute Gasteiger partial charge is 0.0645 e. The molecular formula is C16H22N4O. The summed E-state index contributed by atoms with van der Waals surface area (Å²) in [5.41, 5.74) is 2.43. The number of hydrogen-bond acceptors (Lipinski definition) is 4. The minimum absolute atomic E-state index is 0.259. The van der Waals surface area contributed by atoms with Crippen LogP contribution in [0.25, 0.3) is 5.69 Å². The van der Waals surface area contributed by atoms with Crippen molar-refractivity contribution in [1.82, 2.24) is 19.6 Å². The Morgan fingerprint density at radius 2 is 1.71 bits per heavy atom. The number of piperazine rings is 1. The average Bonchev–Trinajstić information content (AvgIpc) is 3.05. The van der Waals surface area contributed by atoms with Gasteiger partial charge in [0.2, 0.25) is 0 Å². The molecule has 0 spiro atoms. The zero-order chi connectivity index (χ0) is 14.5. The van der Waals surface area contributed by atoms with Crippen LogP contribution in [0.1, 0.15) is 5.56 Å². The van der Waals surface area contributed by atoms with Crippen LogP contribution in [0.3, 0.4) is 0 Å². The maximum Gasteiger partial charge on any atom is 0.0645 e. The quantitative estimate of drug-likeness (QED) is 0.890. The molecule has 5 nitrogen and oxygen atoms in total. The van der Waals surface area contributed by atoms with Crippen molar-refractivity contribution in [2.24, 2.45) is 0 Å². The van der Waals surface area contributed by atoms with E-state index in [1.807, 2.05) is 16.9 Å². The van der Waals surface area contributed by atoms with Crippen molar-refractivity contribution in [2.75, 3.05) is 39.3 Å². The largest absolute Gasteiger partial charge is 0.395 e. The van der Waals surface area contributed by atoms with E-state index in [0.29, 0.717) is 0 Å². The Balaban J connectivity index is 1.54. The third kappa shape index (κ3) is 3.69. The third-order valence-electron chi connectivity index (χ3n) is 3.99. The van der Waals surface area contributed by atoms with Crippen LogP contribution < -0.4 is 0 Å². The fourth-order valence-corrected chi connectivity index (χ4v) is 2.75. The van der Waals surface area contributed by atoms with E-state index in [2.05, 4.69) is 39.2 Å². The van der Waals surface area contributed by atoms with Gasteiger partial charge in [-0.3, -0.25) is 9.80 Å². The number of aliphatic hydroxyl groups is 1. The van der Waals surface area contributed by atoms with Crippen LogP contribution in [0, 0.1) is 0 Å². The number of benzene rings is 1. The second-order valence-electron chi connectivity index (χ2n) is 5.46. The van der Waals surface area contributed by atoms with Crippen molar-refractivity contribution in [3.05, 3.63) is 48.3 Å². The summed E-state index contributed by atoms with van der Waals surface area (Å²) in [7, 11) is 0. The van der Waals surface area contributed by atoms with Crippen molar-refractivity contribution in [3.8, 4) is 5.69 Å². The van der Waals surface area contributed by atoms with Crippen LogP contribution in [0.2, 0.25) is 0 Å². The number of hydrogen-bond donors (Lipinski definition) is 1. The molecule has 1 N–H and O–H groups in total. The summed E-state index contributed by atoms with van der Waals surface area (Å²) < 4.78 is 1.87. The molecule has 0 amide bonds. The van der Waals surface area contributed by atoms with E-state index < -0.39 is 0 Å². The average molecular weight is 286 g/mol. The number of nitrogens with zero attached hydrogens (tertiary/aromatic N) is 4. The van der Waals surface area contributed by atoms with Crippen molar-refractivity contribution in [1.29, 1.82) is 0 Å². The van der Waals surface area contributed by atoms with E-state index in [4.69, 9.17) is 5.11 Å². The molecule has 0 atom stereocenters. The van der Waals surface area contributed by atoms with Crippen molar-refractivity contribution in [3.63, 3.8) is 0 Å². The summed E-state index contributed by atoms with van der Waals surface area (Å²) >= 11 is 0. The number of aliphatic hydroxyl groups excluding tert-OH is 1. The first kappa shape index (κ1) is 14.3. The first-order valence-electron chi connectivity index (χ1n) is 7.50. The predicted molar refractivity (Wildman–Crippen MR) is 82.4 cm³/mol. The number of aromatic nitrogens is 2. The van der Waals surface area contributed by atoms with Crippen LogP contribution in [0.5, 0.6) is 0 Å². The van der Waals surface area contributed by atoms with Crippen LogP contribution in [0.15, 0.2) is 42.7 Å². The molecule has 1 saturated heterocycles.